The van der Waals surface area contributed by atoms with E-state index in [4.69, 9.17) is 5.26 Å². The van der Waals surface area contributed by atoms with E-state index in [-0.39, 0.29) is 17.1 Å². The standard InChI is InChI=1S/C12H14N6OS/c1-12(2,3)9-8(20-17-15-9)11(19)14-10-7(5-13)6-18(4)16-10/h6H,1-4H3,(H,14,16,19). The van der Waals surface area contributed by atoms with Gasteiger partial charge in [-0.05, 0) is 11.5 Å². The van der Waals surface area contributed by atoms with Crippen molar-refractivity contribution in [3.63, 3.8) is 0 Å². The zero-order chi connectivity index (χ0) is 14.9. The van der Waals surface area contributed by atoms with E-state index < -0.39 is 0 Å². The number of nitriles is 1. The number of anilines is 1. The van der Waals surface area contributed by atoms with Gasteiger partial charge in [-0.3, -0.25) is 9.48 Å². The van der Waals surface area contributed by atoms with Crippen molar-refractivity contribution in [3.05, 3.63) is 22.3 Å². The highest BCUT2D eigenvalue weighted by molar-refractivity contribution is 7.08. The first-order valence-electron chi connectivity index (χ1n) is 5.91. The van der Waals surface area contributed by atoms with E-state index in [1.165, 1.54) is 4.68 Å². The Balaban J connectivity index is 2.30. The van der Waals surface area contributed by atoms with Gasteiger partial charge in [0.25, 0.3) is 5.91 Å². The van der Waals surface area contributed by atoms with Crippen LogP contribution in [0.2, 0.25) is 0 Å². The molecular weight excluding hydrogens is 276 g/mol. The van der Waals surface area contributed by atoms with Gasteiger partial charge in [0, 0.05) is 18.7 Å². The minimum atomic E-state index is -0.347. The van der Waals surface area contributed by atoms with E-state index in [9.17, 15) is 4.79 Å². The van der Waals surface area contributed by atoms with Crippen molar-refractivity contribution < 1.29 is 4.79 Å². The molecule has 8 heteroatoms. The van der Waals surface area contributed by atoms with E-state index >= 15 is 0 Å². The number of nitrogens with one attached hydrogen (secondary N) is 1. The average molecular weight is 290 g/mol. The zero-order valence-electron chi connectivity index (χ0n) is 11.6. The van der Waals surface area contributed by atoms with Gasteiger partial charge in [0.15, 0.2) is 5.82 Å². The van der Waals surface area contributed by atoms with Crippen LogP contribution in [0.3, 0.4) is 0 Å². The summed E-state index contributed by atoms with van der Waals surface area (Å²) in [6, 6.07) is 1.99. The summed E-state index contributed by atoms with van der Waals surface area (Å²) in [6.45, 7) is 5.88. The Labute approximate surface area is 120 Å². The van der Waals surface area contributed by atoms with E-state index in [1.54, 1.807) is 13.2 Å². The number of hydrogen-bond donors (Lipinski definition) is 1. The summed E-state index contributed by atoms with van der Waals surface area (Å²) in [5, 5.41) is 19.7. The lowest BCUT2D eigenvalue weighted by molar-refractivity contribution is 0.102. The second-order valence-corrected chi connectivity index (χ2v) is 6.09. The minimum absolute atomic E-state index is 0.244. The molecule has 0 aliphatic carbocycles. The van der Waals surface area contributed by atoms with Gasteiger partial charge >= 0.3 is 0 Å². The third-order valence-electron chi connectivity index (χ3n) is 2.59. The molecule has 2 rings (SSSR count). The average Bonchev–Trinajstić information content (AvgIpc) is 2.94. The summed E-state index contributed by atoms with van der Waals surface area (Å²) in [5.74, 6) is -0.103. The van der Waals surface area contributed by atoms with Gasteiger partial charge in [-0.2, -0.15) is 10.4 Å². The van der Waals surface area contributed by atoms with Crippen molar-refractivity contribution in [1.29, 1.82) is 5.26 Å². The number of hydrogen-bond acceptors (Lipinski definition) is 6. The van der Waals surface area contributed by atoms with Gasteiger partial charge in [-0.15, -0.1) is 5.10 Å². The highest BCUT2D eigenvalue weighted by Gasteiger charge is 2.27. The molecule has 0 aromatic carbocycles. The first-order valence-corrected chi connectivity index (χ1v) is 6.68. The maximum atomic E-state index is 12.3. The molecule has 0 bridgehead atoms. The highest BCUT2D eigenvalue weighted by Crippen LogP contribution is 2.26. The Morgan fingerprint density at radius 1 is 1.50 bits per heavy atom. The Kier molecular flexibility index (Phi) is 3.55. The first-order chi connectivity index (χ1) is 9.32. The number of nitrogens with zero attached hydrogens (tertiary/aromatic N) is 5. The van der Waals surface area contributed by atoms with Crippen LogP contribution >= 0.6 is 11.5 Å². The third-order valence-corrected chi connectivity index (χ3v) is 3.31. The molecule has 2 aromatic rings. The monoisotopic (exact) mass is 290 g/mol. The highest BCUT2D eigenvalue weighted by atomic mass is 32.1. The molecule has 2 aromatic heterocycles. The molecule has 0 saturated heterocycles. The van der Waals surface area contributed by atoms with Crippen LogP contribution in [0.25, 0.3) is 0 Å². The van der Waals surface area contributed by atoms with Crippen LogP contribution in [0.4, 0.5) is 5.82 Å². The van der Waals surface area contributed by atoms with E-state index in [0.29, 0.717) is 16.1 Å². The fourth-order valence-electron chi connectivity index (χ4n) is 1.66. The Hall–Kier alpha value is -2.27. The topological polar surface area (TPSA) is 96.5 Å². The molecule has 0 aliphatic heterocycles. The number of carbonyl (C=O) groups excluding carboxylic acids is 1. The molecule has 1 N–H and O–H groups in total. The Bertz CT molecular complexity index is 688. The predicted molar refractivity (Wildman–Crippen MR) is 74.5 cm³/mol. The third kappa shape index (κ3) is 2.67. The predicted octanol–water partition coefficient (Wildman–Crippen LogP) is 1.69. The second-order valence-electron chi connectivity index (χ2n) is 5.33. The minimum Gasteiger partial charge on any atom is -0.303 e. The lowest BCUT2D eigenvalue weighted by atomic mass is 9.91. The molecule has 0 unspecified atom stereocenters. The molecule has 20 heavy (non-hydrogen) atoms. The second kappa shape index (κ2) is 5.02. The SMILES string of the molecule is Cn1cc(C#N)c(NC(=O)c2snnc2C(C)(C)C)n1. The molecule has 104 valence electrons. The lowest BCUT2D eigenvalue weighted by Gasteiger charge is -2.15. The summed E-state index contributed by atoms with van der Waals surface area (Å²) in [5.41, 5.74) is 0.673. The van der Waals surface area contributed by atoms with E-state index in [0.717, 1.165) is 11.5 Å². The molecule has 2 heterocycles. The Morgan fingerprint density at radius 2 is 2.20 bits per heavy atom. The summed E-state index contributed by atoms with van der Waals surface area (Å²) in [6.07, 6.45) is 1.55. The number of aryl methyl sites for hydroxylation is 1. The van der Waals surface area contributed by atoms with Crippen molar-refractivity contribution in [1.82, 2.24) is 19.4 Å². The Morgan fingerprint density at radius 3 is 2.80 bits per heavy atom. The molecular formula is C12H14N6OS. The fraction of sp³-hybridized carbons (Fsp3) is 0.417. The van der Waals surface area contributed by atoms with Crippen molar-refractivity contribution in [3.8, 4) is 6.07 Å². The number of rotatable bonds is 2. The molecule has 1 amide bonds. The molecule has 7 nitrogen and oxygen atoms in total. The molecule has 0 fully saturated rings. The van der Waals surface area contributed by atoms with E-state index in [2.05, 4.69) is 20.0 Å². The first kappa shape index (κ1) is 14.1. The van der Waals surface area contributed by atoms with Gasteiger partial charge in [0.05, 0.1) is 5.69 Å². The summed E-state index contributed by atoms with van der Waals surface area (Å²) >= 11 is 1.03. The quantitative estimate of drug-likeness (QED) is 0.907. The van der Waals surface area contributed by atoms with Crippen molar-refractivity contribution in [2.24, 2.45) is 7.05 Å². The molecule has 0 radical (unpaired) electrons. The number of amides is 1. The van der Waals surface area contributed by atoms with Crippen molar-refractivity contribution in [2.45, 2.75) is 26.2 Å². The van der Waals surface area contributed by atoms with Crippen molar-refractivity contribution in [2.75, 3.05) is 5.32 Å². The van der Waals surface area contributed by atoms with Crippen LogP contribution in [0.15, 0.2) is 6.20 Å². The van der Waals surface area contributed by atoms with Crippen LogP contribution in [0, 0.1) is 11.3 Å². The molecule has 0 saturated carbocycles. The maximum absolute atomic E-state index is 12.3. The van der Waals surface area contributed by atoms with Gasteiger partial charge in [-0.25, -0.2) is 0 Å². The molecule has 0 spiro atoms. The maximum Gasteiger partial charge on any atom is 0.270 e. The van der Waals surface area contributed by atoms with Crippen LogP contribution in [0.5, 0.6) is 0 Å². The lowest BCUT2D eigenvalue weighted by Crippen LogP contribution is -2.20. The number of aromatic nitrogens is 4. The largest absolute Gasteiger partial charge is 0.303 e. The summed E-state index contributed by atoms with van der Waals surface area (Å²) in [7, 11) is 1.69. The number of carbonyl (C=O) groups is 1. The van der Waals surface area contributed by atoms with Gasteiger partial charge in [0.2, 0.25) is 0 Å². The molecule has 0 atom stereocenters. The normalized spacial score (nSPS) is 11.2. The van der Waals surface area contributed by atoms with Crippen molar-refractivity contribution >= 4 is 23.3 Å². The summed E-state index contributed by atoms with van der Waals surface area (Å²) < 4.78 is 5.32. The van der Waals surface area contributed by atoms with Gasteiger partial charge in [0.1, 0.15) is 16.5 Å². The fourth-order valence-corrected chi connectivity index (χ4v) is 2.43. The van der Waals surface area contributed by atoms with Crippen LogP contribution in [0.1, 0.15) is 41.7 Å². The molecule has 0 aliphatic rings. The van der Waals surface area contributed by atoms with Gasteiger partial charge < -0.3 is 5.32 Å². The van der Waals surface area contributed by atoms with Crippen LogP contribution < -0.4 is 5.32 Å². The van der Waals surface area contributed by atoms with Gasteiger partial charge in [-0.1, -0.05) is 25.3 Å². The zero-order valence-corrected chi connectivity index (χ0v) is 12.4. The van der Waals surface area contributed by atoms with E-state index in [1.807, 2.05) is 26.8 Å². The summed E-state index contributed by atoms with van der Waals surface area (Å²) in [4.78, 5) is 12.7. The van der Waals surface area contributed by atoms with Crippen LogP contribution in [-0.2, 0) is 12.5 Å². The smallest absolute Gasteiger partial charge is 0.270 e. The van der Waals surface area contributed by atoms with Crippen LogP contribution in [-0.4, -0.2) is 25.3 Å².